The van der Waals surface area contributed by atoms with Gasteiger partial charge in [-0.25, -0.2) is 4.98 Å². The lowest BCUT2D eigenvalue weighted by Crippen LogP contribution is -2.29. The average Bonchev–Trinajstić information content (AvgIpc) is 2.84. The van der Waals surface area contributed by atoms with E-state index in [2.05, 4.69) is 20.9 Å². The number of halogens is 1. The molecule has 1 aromatic heterocycles. The summed E-state index contributed by atoms with van der Waals surface area (Å²) in [6.45, 7) is 3.98. The first-order valence-corrected chi connectivity index (χ1v) is 7.64. The molecule has 1 aliphatic rings. The molecule has 4 nitrogen and oxygen atoms in total. The minimum Gasteiger partial charge on any atom is -0.391 e. The Kier molecular flexibility index (Phi) is 3.42. The molecule has 1 aliphatic carbocycles. The lowest BCUT2D eigenvalue weighted by Gasteiger charge is -2.18. The largest absolute Gasteiger partial charge is 0.391 e. The van der Waals surface area contributed by atoms with Crippen molar-refractivity contribution in [2.24, 2.45) is 0 Å². The maximum atomic E-state index is 12.7. The average molecular weight is 337 g/mol. The van der Waals surface area contributed by atoms with Gasteiger partial charge in [-0.05, 0) is 50.3 Å². The molecule has 0 bridgehead atoms. The molecule has 20 heavy (non-hydrogen) atoms. The van der Waals surface area contributed by atoms with E-state index in [0.29, 0.717) is 5.39 Å². The highest BCUT2D eigenvalue weighted by molar-refractivity contribution is 9.10. The molecule has 0 aliphatic heterocycles. The van der Waals surface area contributed by atoms with E-state index < -0.39 is 6.10 Å². The fourth-order valence-corrected chi connectivity index (χ4v) is 3.51. The van der Waals surface area contributed by atoms with Crippen molar-refractivity contribution in [2.75, 3.05) is 0 Å². The van der Waals surface area contributed by atoms with Gasteiger partial charge in [0.25, 0.3) is 5.56 Å². The van der Waals surface area contributed by atoms with Crippen LogP contribution in [0.5, 0.6) is 0 Å². The topological polar surface area (TPSA) is 55.1 Å². The monoisotopic (exact) mass is 336 g/mol. The zero-order valence-corrected chi connectivity index (χ0v) is 13.1. The van der Waals surface area contributed by atoms with Gasteiger partial charge in [0, 0.05) is 4.47 Å². The Hall–Kier alpha value is -1.20. The van der Waals surface area contributed by atoms with E-state index in [-0.39, 0.29) is 11.6 Å². The smallest absolute Gasteiger partial charge is 0.261 e. The van der Waals surface area contributed by atoms with Gasteiger partial charge < -0.3 is 5.11 Å². The molecule has 5 heteroatoms. The minimum atomic E-state index is -0.443. The van der Waals surface area contributed by atoms with Gasteiger partial charge in [0.15, 0.2) is 0 Å². The van der Waals surface area contributed by atoms with Crippen molar-refractivity contribution in [1.29, 1.82) is 0 Å². The van der Waals surface area contributed by atoms with Crippen LogP contribution in [0.3, 0.4) is 0 Å². The third-order valence-electron chi connectivity index (χ3n) is 4.38. The third kappa shape index (κ3) is 2.00. The molecular weight excluding hydrogens is 320 g/mol. The number of rotatable bonds is 1. The second-order valence-electron chi connectivity index (χ2n) is 5.53. The SMILES string of the molecule is Cc1c(Br)cc2c(=O)n([C@@H]3CCC[C@H]3O)cnc2c1C. The van der Waals surface area contributed by atoms with Crippen molar-refractivity contribution >= 4 is 26.8 Å². The Balaban J connectivity index is 2.26. The highest BCUT2D eigenvalue weighted by atomic mass is 79.9. The van der Waals surface area contributed by atoms with E-state index in [4.69, 9.17) is 0 Å². The fourth-order valence-electron chi connectivity index (χ4n) is 2.98. The summed E-state index contributed by atoms with van der Waals surface area (Å²) in [6.07, 6.45) is 3.69. The van der Waals surface area contributed by atoms with Gasteiger partial charge in [0.2, 0.25) is 0 Å². The Morgan fingerprint density at radius 1 is 1.35 bits per heavy atom. The van der Waals surface area contributed by atoms with Crippen LogP contribution in [0.15, 0.2) is 21.7 Å². The van der Waals surface area contributed by atoms with Crippen LogP contribution in [0.1, 0.15) is 36.4 Å². The van der Waals surface area contributed by atoms with Gasteiger partial charge in [-0.15, -0.1) is 0 Å². The number of aliphatic hydroxyl groups excluding tert-OH is 1. The van der Waals surface area contributed by atoms with Gasteiger partial charge in [0.1, 0.15) is 0 Å². The quantitative estimate of drug-likeness (QED) is 0.871. The zero-order valence-electron chi connectivity index (χ0n) is 11.6. The van der Waals surface area contributed by atoms with Crippen LogP contribution in [0.25, 0.3) is 10.9 Å². The first-order chi connectivity index (χ1) is 9.50. The van der Waals surface area contributed by atoms with Gasteiger partial charge in [-0.1, -0.05) is 15.9 Å². The maximum Gasteiger partial charge on any atom is 0.261 e. The summed E-state index contributed by atoms with van der Waals surface area (Å²) in [6, 6.07) is 1.70. The molecule has 3 rings (SSSR count). The Bertz CT molecular complexity index is 739. The molecule has 1 heterocycles. The molecule has 0 unspecified atom stereocenters. The van der Waals surface area contributed by atoms with Crippen LogP contribution in [0.2, 0.25) is 0 Å². The van der Waals surface area contributed by atoms with Crippen LogP contribution in [-0.2, 0) is 0 Å². The molecule has 0 saturated heterocycles. The molecule has 2 aromatic rings. The van der Waals surface area contributed by atoms with Crippen molar-refractivity contribution in [3.05, 3.63) is 38.3 Å². The van der Waals surface area contributed by atoms with E-state index in [9.17, 15) is 9.90 Å². The number of fused-ring (bicyclic) bond motifs is 1. The van der Waals surface area contributed by atoms with E-state index >= 15 is 0 Å². The van der Waals surface area contributed by atoms with E-state index in [1.807, 2.05) is 19.9 Å². The summed E-state index contributed by atoms with van der Waals surface area (Å²) >= 11 is 3.50. The highest BCUT2D eigenvalue weighted by Gasteiger charge is 2.28. The lowest BCUT2D eigenvalue weighted by atomic mass is 10.1. The molecule has 2 atom stereocenters. The van der Waals surface area contributed by atoms with Crippen molar-refractivity contribution in [3.63, 3.8) is 0 Å². The Labute approximate surface area is 125 Å². The summed E-state index contributed by atoms with van der Waals surface area (Å²) in [5.41, 5.74) is 2.80. The lowest BCUT2D eigenvalue weighted by molar-refractivity contribution is 0.134. The molecule has 0 spiro atoms. The third-order valence-corrected chi connectivity index (χ3v) is 5.20. The molecule has 0 amide bonds. The number of aryl methyl sites for hydroxylation is 1. The number of benzene rings is 1. The normalized spacial score (nSPS) is 22.6. The molecule has 1 fully saturated rings. The Morgan fingerprint density at radius 2 is 2.10 bits per heavy atom. The van der Waals surface area contributed by atoms with Crippen LogP contribution >= 0.6 is 15.9 Å². The molecule has 1 N–H and O–H groups in total. The zero-order chi connectivity index (χ0) is 14.4. The predicted molar refractivity (Wildman–Crippen MR) is 82.1 cm³/mol. The molecular formula is C15H17BrN2O2. The van der Waals surface area contributed by atoms with Crippen molar-refractivity contribution in [2.45, 2.75) is 45.3 Å². The highest BCUT2D eigenvalue weighted by Crippen LogP contribution is 2.30. The number of aliphatic hydroxyl groups is 1. The maximum absolute atomic E-state index is 12.7. The van der Waals surface area contributed by atoms with Crippen molar-refractivity contribution < 1.29 is 5.11 Å². The molecule has 1 aromatic carbocycles. The van der Waals surface area contributed by atoms with Gasteiger partial charge in [-0.2, -0.15) is 0 Å². The van der Waals surface area contributed by atoms with Crippen LogP contribution in [-0.4, -0.2) is 20.8 Å². The predicted octanol–water partition coefficient (Wildman–Crippen LogP) is 2.86. The number of aromatic nitrogens is 2. The van der Waals surface area contributed by atoms with Crippen molar-refractivity contribution in [3.8, 4) is 0 Å². The number of nitrogens with zero attached hydrogens (tertiary/aromatic N) is 2. The summed E-state index contributed by atoms with van der Waals surface area (Å²) in [5.74, 6) is 0. The van der Waals surface area contributed by atoms with Crippen LogP contribution in [0, 0.1) is 13.8 Å². The summed E-state index contributed by atoms with van der Waals surface area (Å²) in [5, 5.41) is 10.6. The Morgan fingerprint density at radius 3 is 2.75 bits per heavy atom. The van der Waals surface area contributed by atoms with E-state index in [1.54, 1.807) is 10.9 Å². The first-order valence-electron chi connectivity index (χ1n) is 6.85. The second-order valence-corrected chi connectivity index (χ2v) is 6.38. The molecule has 0 radical (unpaired) electrons. The van der Waals surface area contributed by atoms with Crippen LogP contribution in [0.4, 0.5) is 0 Å². The molecule has 106 valence electrons. The van der Waals surface area contributed by atoms with Gasteiger partial charge >= 0.3 is 0 Å². The summed E-state index contributed by atoms with van der Waals surface area (Å²) in [4.78, 5) is 17.1. The van der Waals surface area contributed by atoms with Crippen LogP contribution < -0.4 is 5.56 Å². The van der Waals surface area contributed by atoms with E-state index in [0.717, 1.165) is 40.4 Å². The summed E-state index contributed by atoms with van der Waals surface area (Å²) < 4.78 is 2.52. The van der Waals surface area contributed by atoms with Crippen molar-refractivity contribution in [1.82, 2.24) is 9.55 Å². The van der Waals surface area contributed by atoms with E-state index in [1.165, 1.54) is 0 Å². The fraction of sp³-hybridized carbons (Fsp3) is 0.467. The molecule has 1 saturated carbocycles. The standard InChI is InChI=1S/C15H17BrN2O2/c1-8-9(2)14-10(6-11(8)16)15(20)18(7-17-14)12-4-3-5-13(12)19/h6-7,12-13,19H,3-5H2,1-2H3/t12-,13-/m1/s1. The van der Waals surface area contributed by atoms with Gasteiger partial charge in [-0.3, -0.25) is 9.36 Å². The first kappa shape index (κ1) is 13.8. The summed E-state index contributed by atoms with van der Waals surface area (Å²) in [7, 11) is 0. The number of hydrogen-bond donors (Lipinski definition) is 1. The minimum absolute atomic E-state index is 0.0650. The van der Waals surface area contributed by atoms with Gasteiger partial charge in [0.05, 0.1) is 29.4 Å². The second kappa shape index (κ2) is 4.97. The number of hydrogen-bond acceptors (Lipinski definition) is 3.